The van der Waals surface area contributed by atoms with E-state index in [2.05, 4.69) is 5.32 Å². The molecule has 1 aliphatic carbocycles. The molecular formula is C15H18ClNO. The normalized spacial score (nSPS) is 32.1. The zero-order valence-electron chi connectivity index (χ0n) is 10.4. The highest BCUT2D eigenvalue weighted by Crippen LogP contribution is 2.36. The Labute approximate surface area is 113 Å². The van der Waals surface area contributed by atoms with Crippen molar-refractivity contribution in [3.63, 3.8) is 0 Å². The lowest BCUT2D eigenvalue weighted by atomic mass is 9.76. The fourth-order valence-corrected chi connectivity index (χ4v) is 3.61. The molecule has 1 heterocycles. The molecule has 0 spiro atoms. The maximum atomic E-state index is 12.2. The molecule has 2 nitrogen and oxygen atoms in total. The summed E-state index contributed by atoms with van der Waals surface area (Å²) in [5, 5.41) is 4.40. The van der Waals surface area contributed by atoms with Crippen LogP contribution in [0.5, 0.6) is 0 Å². The first-order valence-electron chi connectivity index (χ1n) is 6.79. The highest BCUT2D eigenvalue weighted by molar-refractivity contribution is 6.31. The van der Waals surface area contributed by atoms with Gasteiger partial charge in [-0.15, -0.1) is 0 Å². The Morgan fingerprint density at radius 1 is 1.17 bits per heavy atom. The molecule has 0 amide bonds. The molecule has 1 aromatic carbocycles. The van der Waals surface area contributed by atoms with E-state index in [9.17, 15) is 4.79 Å². The van der Waals surface area contributed by atoms with Crippen LogP contribution >= 0.6 is 11.6 Å². The first-order valence-corrected chi connectivity index (χ1v) is 7.16. The van der Waals surface area contributed by atoms with Crippen molar-refractivity contribution in [3.8, 4) is 0 Å². The van der Waals surface area contributed by atoms with Crippen molar-refractivity contribution in [2.75, 3.05) is 0 Å². The number of halogens is 1. The van der Waals surface area contributed by atoms with E-state index in [4.69, 9.17) is 11.6 Å². The van der Waals surface area contributed by atoms with Crippen LogP contribution in [-0.2, 0) is 4.79 Å². The number of fused-ring (bicyclic) bond motifs is 1. The predicted octanol–water partition coefficient (Wildman–Crippen LogP) is 3.50. The molecule has 1 aromatic rings. The van der Waals surface area contributed by atoms with Crippen LogP contribution in [-0.4, -0.2) is 11.8 Å². The van der Waals surface area contributed by atoms with E-state index in [1.54, 1.807) is 0 Å². The van der Waals surface area contributed by atoms with Crippen LogP contribution in [0.3, 0.4) is 0 Å². The van der Waals surface area contributed by atoms with E-state index in [0.717, 1.165) is 23.4 Å². The third kappa shape index (κ3) is 2.19. The number of carbonyl (C=O) groups excluding carboxylic acids is 1. The van der Waals surface area contributed by atoms with Crippen molar-refractivity contribution in [3.05, 3.63) is 34.9 Å². The largest absolute Gasteiger partial charge is 0.306 e. The summed E-state index contributed by atoms with van der Waals surface area (Å²) >= 11 is 6.23. The summed E-state index contributed by atoms with van der Waals surface area (Å²) in [5.74, 6) is 0.667. The fourth-order valence-electron chi connectivity index (χ4n) is 3.34. The average molecular weight is 264 g/mol. The molecule has 1 aliphatic heterocycles. The van der Waals surface area contributed by atoms with Crippen molar-refractivity contribution < 1.29 is 4.79 Å². The summed E-state index contributed by atoms with van der Waals surface area (Å²) in [7, 11) is 0. The van der Waals surface area contributed by atoms with Gasteiger partial charge in [0.2, 0.25) is 0 Å². The smallest absolute Gasteiger partial charge is 0.139 e. The SMILES string of the molecule is O=C1CC(c2ccccc2Cl)NC2CCCCC12. The minimum atomic E-state index is 0.102. The van der Waals surface area contributed by atoms with Gasteiger partial charge in [0.1, 0.15) is 5.78 Å². The molecule has 18 heavy (non-hydrogen) atoms. The van der Waals surface area contributed by atoms with Crippen LogP contribution in [0.15, 0.2) is 24.3 Å². The molecule has 0 bridgehead atoms. The molecule has 1 saturated heterocycles. The lowest BCUT2D eigenvalue weighted by molar-refractivity contribution is -0.127. The summed E-state index contributed by atoms with van der Waals surface area (Å²) in [6.45, 7) is 0. The van der Waals surface area contributed by atoms with Gasteiger partial charge < -0.3 is 5.32 Å². The standard InChI is InChI=1S/C15H18ClNO/c16-12-7-3-1-5-10(12)14-9-15(18)11-6-2-4-8-13(11)17-14/h1,3,5,7,11,13-14,17H,2,4,6,8-9H2. The Hall–Kier alpha value is -0.860. The van der Waals surface area contributed by atoms with Crippen molar-refractivity contribution in [2.45, 2.75) is 44.2 Å². The number of hydrogen-bond acceptors (Lipinski definition) is 2. The molecule has 3 atom stereocenters. The number of Topliss-reactive ketones (excluding diaryl/α,β-unsaturated/α-hetero) is 1. The van der Waals surface area contributed by atoms with E-state index in [1.807, 2.05) is 24.3 Å². The number of piperidine rings is 1. The number of nitrogens with one attached hydrogen (secondary N) is 1. The summed E-state index contributed by atoms with van der Waals surface area (Å²) in [6, 6.07) is 8.30. The molecule has 0 aromatic heterocycles. The van der Waals surface area contributed by atoms with Crippen LogP contribution in [0.2, 0.25) is 5.02 Å². The van der Waals surface area contributed by atoms with Crippen LogP contribution in [0, 0.1) is 5.92 Å². The molecule has 96 valence electrons. The van der Waals surface area contributed by atoms with Gasteiger partial charge in [-0.05, 0) is 24.5 Å². The maximum Gasteiger partial charge on any atom is 0.139 e. The fraction of sp³-hybridized carbons (Fsp3) is 0.533. The maximum absolute atomic E-state index is 12.2. The summed E-state index contributed by atoms with van der Waals surface area (Å²) in [4.78, 5) is 12.2. The second kappa shape index (κ2) is 5.02. The zero-order valence-corrected chi connectivity index (χ0v) is 11.1. The lowest BCUT2D eigenvalue weighted by Crippen LogP contribution is -2.49. The number of benzene rings is 1. The van der Waals surface area contributed by atoms with Gasteiger partial charge in [-0.25, -0.2) is 0 Å². The quantitative estimate of drug-likeness (QED) is 0.840. The Bertz CT molecular complexity index is 460. The first kappa shape index (κ1) is 12.2. The lowest BCUT2D eigenvalue weighted by Gasteiger charge is -2.39. The highest BCUT2D eigenvalue weighted by atomic mass is 35.5. The van der Waals surface area contributed by atoms with Gasteiger partial charge >= 0.3 is 0 Å². The van der Waals surface area contributed by atoms with Gasteiger partial charge in [0.25, 0.3) is 0 Å². The van der Waals surface area contributed by atoms with Gasteiger partial charge in [-0.2, -0.15) is 0 Å². The zero-order chi connectivity index (χ0) is 12.5. The topological polar surface area (TPSA) is 29.1 Å². The van der Waals surface area contributed by atoms with Crippen LogP contribution in [0.25, 0.3) is 0 Å². The molecule has 3 unspecified atom stereocenters. The second-order valence-electron chi connectivity index (χ2n) is 5.41. The molecule has 2 fully saturated rings. The minimum absolute atomic E-state index is 0.102. The van der Waals surface area contributed by atoms with Crippen LogP contribution in [0.4, 0.5) is 0 Å². The molecule has 3 rings (SSSR count). The Balaban J connectivity index is 1.83. The van der Waals surface area contributed by atoms with E-state index < -0.39 is 0 Å². The van der Waals surface area contributed by atoms with Crippen molar-refractivity contribution >= 4 is 17.4 Å². The predicted molar refractivity (Wildman–Crippen MR) is 72.7 cm³/mol. The number of rotatable bonds is 1. The van der Waals surface area contributed by atoms with E-state index in [-0.39, 0.29) is 12.0 Å². The van der Waals surface area contributed by atoms with Crippen LogP contribution in [0.1, 0.15) is 43.7 Å². The van der Waals surface area contributed by atoms with E-state index in [0.29, 0.717) is 18.2 Å². The molecule has 1 saturated carbocycles. The van der Waals surface area contributed by atoms with Crippen molar-refractivity contribution in [1.82, 2.24) is 5.32 Å². The molecular weight excluding hydrogens is 246 g/mol. The highest BCUT2D eigenvalue weighted by Gasteiger charge is 2.38. The monoisotopic (exact) mass is 263 g/mol. The van der Waals surface area contributed by atoms with Gasteiger partial charge in [0, 0.05) is 29.4 Å². The van der Waals surface area contributed by atoms with Gasteiger partial charge in [0.15, 0.2) is 0 Å². The number of carbonyl (C=O) groups is 1. The minimum Gasteiger partial charge on any atom is -0.306 e. The van der Waals surface area contributed by atoms with Gasteiger partial charge in [-0.1, -0.05) is 42.6 Å². The second-order valence-corrected chi connectivity index (χ2v) is 5.82. The number of ketones is 1. The van der Waals surface area contributed by atoms with Gasteiger partial charge in [0.05, 0.1) is 0 Å². The Morgan fingerprint density at radius 2 is 1.94 bits per heavy atom. The van der Waals surface area contributed by atoms with Crippen molar-refractivity contribution in [1.29, 1.82) is 0 Å². The molecule has 0 radical (unpaired) electrons. The molecule has 3 heteroatoms. The third-order valence-electron chi connectivity index (χ3n) is 4.28. The third-order valence-corrected chi connectivity index (χ3v) is 4.62. The Kier molecular flexibility index (Phi) is 3.40. The summed E-state index contributed by atoms with van der Waals surface area (Å²) < 4.78 is 0. The summed E-state index contributed by atoms with van der Waals surface area (Å²) in [5.41, 5.74) is 1.07. The van der Waals surface area contributed by atoms with Crippen molar-refractivity contribution in [2.24, 2.45) is 5.92 Å². The summed E-state index contributed by atoms with van der Waals surface area (Å²) in [6.07, 6.45) is 5.20. The number of hydrogen-bond donors (Lipinski definition) is 1. The average Bonchev–Trinajstić information content (AvgIpc) is 2.39. The molecule has 1 N–H and O–H groups in total. The van der Waals surface area contributed by atoms with E-state index in [1.165, 1.54) is 12.8 Å². The van der Waals surface area contributed by atoms with Crippen LogP contribution < -0.4 is 5.32 Å². The molecule has 2 aliphatic rings. The Morgan fingerprint density at radius 3 is 2.78 bits per heavy atom. The first-order chi connectivity index (χ1) is 8.75. The van der Waals surface area contributed by atoms with E-state index >= 15 is 0 Å². The van der Waals surface area contributed by atoms with Gasteiger partial charge in [-0.3, -0.25) is 4.79 Å².